The zero-order valence-corrected chi connectivity index (χ0v) is 22.4. The number of likely N-dealkylation sites (N-methyl/N-ethyl adjacent to an activating group) is 1. The predicted octanol–water partition coefficient (Wildman–Crippen LogP) is 4.05. The Morgan fingerprint density at radius 3 is 2.51 bits per heavy atom. The lowest BCUT2D eigenvalue weighted by Crippen LogP contribution is -2.63. The van der Waals surface area contributed by atoms with Crippen molar-refractivity contribution in [3.8, 4) is 0 Å². The van der Waals surface area contributed by atoms with Crippen LogP contribution in [0.5, 0.6) is 0 Å². The van der Waals surface area contributed by atoms with Crippen molar-refractivity contribution in [1.29, 1.82) is 0 Å². The molecule has 1 aliphatic heterocycles. The molecule has 0 spiro atoms. The van der Waals surface area contributed by atoms with E-state index < -0.39 is 11.6 Å². The molecule has 0 saturated heterocycles. The molecule has 1 heterocycles. The van der Waals surface area contributed by atoms with Crippen molar-refractivity contribution in [3.63, 3.8) is 0 Å². The highest BCUT2D eigenvalue weighted by atomic mass is 16.5. The Hall–Kier alpha value is -1.40. The summed E-state index contributed by atoms with van der Waals surface area (Å²) in [5, 5.41) is 12.4. The highest BCUT2D eigenvalue weighted by Gasteiger charge is 2.67. The molecule has 0 aromatic carbocycles. The quantitative estimate of drug-likeness (QED) is 0.585. The maximum atomic E-state index is 12.9. The summed E-state index contributed by atoms with van der Waals surface area (Å²) in [6.45, 7) is 9.19. The van der Waals surface area contributed by atoms with E-state index in [0.717, 1.165) is 63.4 Å². The van der Waals surface area contributed by atoms with Gasteiger partial charge in [0.2, 0.25) is 5.91 Å². The van der Waals surface area contributed by atoms with Crippen LogP contribution < -0.4 is 5.73 Å². The van der Waals surface area contributed by atoms with Crippen molar-refractivity contribution < 1.29 is 19.4 Å². The molecule has 6 heteroatoms. The molecule has 3 N–H and O–H groups in total. The minimum Gasteiger partial charge on any atom is -0.458 e. The minimum atomic E-state index is -0.672. The van der Waals surface area contributed by atoms with E-state index in [0.29, 0.717) is 24.4 Å². The second-order valence-electron chi connectivity index (χ2n) is 13.4. The lowest BCUT2D eigenvalue weighted by molar-refractivity contribution is -0.206. The van der Waals surface area contributed by atoms with Crippen LogP contribution in [0.2, 0.25) is 0 Å². The van der Waals surface area contributed by atoms with Gasteiger partial charge in [-0.1, -0.05) is 27.7 Å². The smallest absolute Gasteiger partial charge is 0.331 e. The van der Waals surface area contributed by atoms with Crippen molar-refractivity contribution >= 4 is 11.9 Å². The van der Waals surface area contributed by atoms with Gasteiger partial charge >= 0.3 is 5.97 Å². The monoisotopic (exact) mass is 486 g/mol. The van der Waals surface area contributed by atoms with Gasteiger partial charge in [-0.3, -0.25) is 4.79 Å². The Labute approximate surface area is 211 Å². The van der Waals surface area contributed by atoms with E-state index in [4.69, 9.17) is 10.5 Å². The molecule has 0 radical (unpaired) electrons. The largest absolute Gasteiger partial charge is 0.458 e. The number of nitrogens with zero attached hydrogens (tertiary/aromatic N) is 1. The SMILES string of the molecule is CC(C)[C@@H](N)C(=O)N(C)[C@H]1CC[C@@]2(C)[C@H](CC[C@@H]3[C@@H]2CC[C@]2(C)[C@@H](C4=CC(=O)OC4)CC[C@]32O)C1. The summed E-state index contributed by atoms with van der Waals surface area (Å²) in [5.74, 6) is 1.66. The Kier molecular flexibility index (Phi) is 6.19. The van der Waals surface area contributed by atoms with E-state index in [1.54, 1.807) is 6.08 Å². The van der Waals surface area contributed by atoms with Crippen molar-refractivity contribution in [2.45, 2.75) is 103 Å². The molecule has 0 bridgehead atoms. The fourth-order valence-corrected chi connectivity index (χ4v) is 9.44. The number of cyclic esters (lactones) is 1. The molecular formula is C29H46N2O4. The molecule has 0 aromatic heterocycles. The second-order valence-corrected chi connectivity index (χ2v) is 13.4. The lowest BCUT2D eigenvalue weighted by atomic mass is 9.43. The first-order valence-electron chi connectivity index (χ1n) is 14.0. The number of nitrogens with two attached hydrogens (primary N) is 1. The van der Waals surface area contributed by atoms with Gasteiger partial charge in [-0.25, -0.2) is 4.79 Å². The second kappa shape index (κ2) is 8.58. The summed E-state index contributed by atoms with van der Waals surface area (Å²) in [6.07, 6.45) is 11.0. The van der Waals surface area contributed by atoms with Gasteiger partial charge in [0, 0.05) is 24.6 Å². The third-order valence-electron chi connectivity index (χ3n) is 11.9. The zero-order chi connectivity index (χ0) is 25.3. The summed E-state index contributed by atoms with van der Waals surface area (Å²) in [6, 6.07) is -0.165. The van der Waals surface area contributed by atoms with Crippen LogP contribution in [0.25, 0.3) is 0 Å². The third-order valence-corrected chi connectivity index (χ3v) is 11.9. The fourth-order valence-electron chi connectivity index (χ4n) is 9.44. The van der Waals surface area contributed by atoms with Crippen LogP contribution >= 0.6 is 0 Å². The van der Waals surface area contributed by atoms with Crippen LogP contribution in [0.1, 0.15) is 85.5 Å². The van der Waals surface area contributed by atoms with Gasteiger partial charge < -0.3 is 20.5 Å². The maximum absolute atomic E-state index is 12.9. The van der Waals surface area contributed by atoms with Gasteiger partial charge in [-0.2, -0.15) is 0 Å². The van der Waals surface area contributed by atoms with Gasteiger partial charge in [0.25, 0.3) is 0 Å². The van der Waals surface area contributed by atoms with Gasteiger partial charge in [-0.15, -0.1) is 0 Å². The molecule has 4 saturated carbocycles. The Balaban J connectivity index is 1.33. The summed E-state index contributed by atoms with van der Waals surface area (Å²) >= 11 is 0. The van der Waals surface area contributed by atoms with Crippen molar-refractivity contribution in [1.82, 2.24) is 4.90 Å². The van der Waals surface area contributed by atoms with Crippen LogP contribution in [0.15, 0.2) is 11.6 Å². The van der Waals surface area contributed by atoms with E-state index in [9.17, 15) is 14.7 Å². The topological polar surface area (TPSA) is 92.9 Å². The van der Waals surface area contributed by atoms with Crippen molar-refractivity contribution in [3.05, 3.63) is 11.6 Å². The van der Waals surface area contributed by atoms with Crippen LogP contribution in [-0.2, 0) is 14.3 Å². The molecule has 4 fully saturated rings. The molecule has 9 atom stereocenters. The fraction of sp³-hybridized carbons (Fsp3) is 0.862. The number of hydrogen-bond acceptors (Lipinski definition) is 5. The van der Waals surface area contributed by atoms with Crippen LogP contribution in [0.4, 0.5) is 0 Å². The minimum absolute atomic E-state index is 0.0747. The van der Waals surface area contributed by atoms with Crippen LogP contribution in [-0.4, -0.2) is 53.2 Å². The molecular weight excluding hydrogens is 440 g/mol. The van der Waals surface area contributed by atoms with E-state index in [1.807, 2.05) is 25.8 Å². The maximum Gasteiger partial charge on any atom is 0.331 e. The van der Waals surface area contributed by atoms with Gasteiger partial charge in [0.15, 0.2) is 0 Å². The van der Waals surface area contributed by atoms with E-state index in [-0.39, 0.29) is 40.6 Å². The highest BCUT2D eigenvalue weighted by molar-refractivity contribution is 5.85. The number of ether oxygens (including phenoxy) is 1. The first-order valence-corrected chi connectivity index (χ1v) is 14.0. The van der Waals surface area contributed by atoms with E-state index in [1.165, 1.54) is 0 Å². The molecule has 6 nitrogen and oxygen atoms in total. The molecule has 0 aromatic rings. The third kappa shape index (κ3) is 3.64. The van der Waals surface area contributed by atoms with Gasteiger partial charge in [-0.05, 0) is 98.4 Å². The normalized spacial score (nSPS) is 45.8. The number of rotatable bonds is 4. The Morgan fingerprint density at radius 2 is 1.86 bits per heavy atom. The molecule has 1 amide bonds. The molecule has 196 valence electrons. The van der Waals surface area contributed by atoms with Crippen molar-refractivity contribution in [2.75, 3.05) is 13.7 Å². The Bertz CT molecular complexity index is 916. The molecule has 35 heavy (non-hydrogen) atoms. The van der Waals surface area contributed by atoms with E-state index in [2.05, 4.69) is 13.8 Å². The standard InChI is InChI=1S/C29H46N2O4/c1-17(2)25(30)26(33)31(5)20-8-11-27(3)19(15-20)6-7-23-22(27)9-12-28(4)21(10-13-29(23,28)34)18-14-24(32)35-16-18/h14,17,19-23,25,34H,6-13,15-16,30H2,1-5H3/t19-,20+,21-,22+,23-,25-,27+,28-,29+/m1/s1. The number of aliphatic hydroxyl groups is 1. The van der Waals surface area contributed by atoms with Gasteiger partial charge in [0.05, 0.1) is 11.6 Å². The zero-order valence-electron chi connectivity index (χ0n) is 22.4. The number of esters is 1. The predicted molar refractivity (Wildman–Crippen MR) is 135 cm³/mol. The van der Waals surface area contributed by atoms with Crippen LogP contribution in [0, 0.1) is 40.4 Å². The highest BCUT2D eigenvalue weighted by Crippen LogP contribution is 2.70. The first-order chi connectivity index (χ1) is 16.4. The molecule has 5 aliphatic rings. The van der Waals surface area contributed by atoms with Gasteiger partial charge in [0.1, 0.15) is 6.61 Å². The number of fused-ring (bicyclic) bond motifs is 5. The number of amides is 1. The summed E-state index contributed by atoms with van der Waals surface area (Å²) in [5.41, 5.74) is 6.65. The number of hydrogen-bond donors (Lipinski definition) is 2. The molecule has 5 rings (SSSR count). The number of carbonyl (C=O) groups excluding carboxylic acids is 2. The summed E-state index contributed by atoms with van der Waals surface area (Å²) < 4.78 is 5.25. The first kappa shape index (κ1) is 25.3. The lowest BCUT2D eigenvalue weighted by Gasteiger charge is -2.64. The van der Waals surface area contributed by atoms with Crippen LogP contribution in [0.3, 0.4) is 0 Å². The molecule has 4 aliphatic carbocycles. The van der Waals surface area contributed by atoms with E-state index >= 15 is 0 Å². The number of carbonyl (C=O) groups is 2. The Morgan fingerprint density at radius 1 is 1.11 bits per heavy atom. The summed E-state index contributed by atoms with van der Waals surface area (Å²) in [7, 11) is 1.95. The van der Waals surface area contributed by atoms with Crippen molar-refractivity contribution in [2.24, 2.45) is 46.2 Å². The average Bonchev–Trinajstić information content (AvgIpc) is 3.36. The summed E-state index contributed by atoms with van der Waals surface area (Å²) in [4.78, 5) is 26.7. The average molecular weight is 487 g/mol. The molecule has 0 unspecified atom stereocenters.